The summed E-state index contributed by atoms with van der Waals surface area (Å²) in [6.07, 6.45) is 0. The number of rotatable bonds is 5. The molecular formula is C15H18N4O7S. The maximum Gasteiger partial charge on any atom is 0.315 e. The topological polar surface area (TPSA) is 143 Å². The Bertz CT molecular complexity index is 812. The Hall–Kier alpha value is -2.63. The average molecular weight is 398 g/mol. The number of aromatic nitrogens is 2. The number of fused-ring (bicyclic) bond motifs is 1. The van der Waals surface area contributed by atoms with E-state index in [0.717, 1.165) is 4.90 Å². The zero-order chi connectivity index (χ0) is 19.9. The highest BCUT2D eigenvalue weighted by Crippen LogP contribution is 2.44. The van der Waals surface area contributed by atoms with Crippen molar-refractivity contribution < 1.29 is 33.5 Å². The molecule has 0 saturated carbocycles. The average Bonchev–Trinajstić information content (AvgIpc) is 3.02. The van der Waals surface area contributed by atoms with Gasteiger partial charge in [0.1, 0.15) is 23.4 Å². The quantitative estimate of drug-likeness (QED) is 0.516. The molecule has 2 aliphatic heterocycles. The Morgan fingerprint density at radius 2 is 2.15 bits per heavy atom. The lowest BCUT2D eigenvalue weighted by molar-refractivity contribution is -0.164. The molecule has 3 rings (SSSR count). The molecule has 11 nitrogen and oxygen atoms in total. The molecule has 1 aromatic heterocycles. The molecule has 27 heavy (non-hydrogen) atoms. The minimum absolute atomic E-state index is 0.00594. The number of aryl methyl sites for hydroxylation is 1. The molecule has 0 aromatic carbocycles. The summed E-state index contributed by atoms with van der Waals surface area (Å²) in [4.78, 5) is 54.2. The summed E-state index contributed by atoms with van der Waals surface area (Å²) in [5.74, 6) is -2.22. The van der Waals surface area contributed by atoms with E-state index in [2.05, 4.69) is 10.1 Å². The fourth-order valence-corrected chi connectivity index (χ4v) is 4.64. The number of thioether (sulfide) groups is 1. The van der Waals surface area contributed by atoms with E-state index in [4.69, 9.17) is 9.26 Å². The van der Waals surface area contributed by atoms with Gasteiger partial charge in [0.2, 0.25) is 17.7 Å². The molecule has 0 radical (unpaired) electrons. The van der Waals surface area contributed by atoms with E-state index in [1.165, 1.54) is 30.5 Å². The minimum atomic E-state index is -1.39. The zero-order valence-corrected chi connectivity index (χ0v) is 15.7. The number of esters is 1. The van der Waals surface area contributed by atoms with E-state index >= 15 is 0 Å². The second-order valence-corrected chi connectivity index (χ2v) is 7.59. The number of β-lactam (4-membered cyclic amide) rings is 1. The molecule has 0 aliphatic carbocycles. The Balaban J connectivity index is 1.81. The summed E-state index contributed by atoms with van der Waals surface area (Å²) >= 11 is 1.21. The monoisotopic (exact) mass is 398 g/mol. The summed E-state index contributed by atoms with van der Waals surface area (Å²) in [5, 5.41) is 12.9. The molecule has 12 heteroatoms. The third-order valence-corrected chi connectivity index (χ3v) is 6.04. The highest BCUT2D eigenvalue weighted by molar-refractivity contribution is 8.00. The first-order valence-electron chi connectivity index (χ1n) is 8.05. The lowest BCUT2D eigenvalue weighted by Crippen LogP contribution is -2.75. The first kappa shape index (κ1) is 19.1. The molecule has 2 unspecified atom stereocenters. The van der Waals surface area contributed by atoms with Crippen LogP contribution in [0.15, 0.2) is 4.52 Å². The lowest BCUT2D eigenvalue weighted by Gasteiger charge is -2.55. The predicted molar refractivity (Wildman–Crippen MR) is 90.6 cm³/mol. The van der Waals surface area contributed by atoms with Crippen molar-refractivity contribution in [2.24, 2.45) is 5.41 Å². The van der Waals surface area contributed by atoms with Gasteiger partial charge in [-0.15, -0.1) is 11.8 Å². The second-order valence-electron chi connectivity index (χ2n) is 6.48. The maximum absolute atomic E-state index is 12.7. The van der Waals surface area contributed by atoms with E-state index in [-0.39, 0.29) is 30.7 Å². The summed E-state index contributed by atoms with van der Waals surface area (Å²) < 4.78 is 9.80. The first-order chi connectivity index (χ1) is 12.7. The molecule has 3 heterocycles. The smallest absolute Gasteiger partial charge is 0.315 e. The Morgan fingerprint density at radius 3 is 2.67 bits per heavy atom. The number of aliphatic carboxylic acids is 1. The third-order valence-electron chi connectivity index (χ3n) is 4.47. The zero-order valence-electron chi connectivity index (χ0n) is 14.9. The van der Waals surface area contributed by atoms with Crippen LogP contribution in [0.3, 0.4) is 0 Å². The van der Waals surface area contributed by atoms with Crippen LogP contribution >= 0.6 is 11.8 Å². The second kappa shape index (κ2) is 6.83. The van der Waals surface area contributed by atoms with Crippen molar-refractivity contribution in [3.05, 3.63) is 5.89 Å². The highest BCUT2D eigenvalue weighted by Gasteiger charge is 2.60. The summed E-state index contributed by atoms with van der Waals surface area (Å²) in [6.45, 7) is 3.61. The van der Waals surface area contributed by atoms with E-state index < -0.39 is 40.6 Å². The largest absolute Gasteiger partial charge is 0.481 e. The molecule has 2 saturated heterocycles. The molecule has 146 valence electrons. The number of anilines is 1. The number of carbonyl (C=O) groups excluding carboxylic acids is 3. The van der Waals surface area contributed by atoms with Crippen LogP contribution in [0.2, 0.25) is 0 Å². The van der Waals surface area contributed by atoms with Crippen LogP contribution in [0.1, 0.15) is 19.7 Å². The molecule has 1 aromatic rings. The fourth-order valence-electron chi connectivity index (χ4n) is 3.07. The minimum Gasteiger partial charge on any atom is -0.481 e. The number of carboxylic acid groups (broad SMARTS) is 1. The van der Waals surface area contributed by atoms with E-state index in [1.807, 2.05) is 0 Å². The molecule has 3 atom stereocenters. The van der Waals surface area contributed by atoms with Gasteiger partial charge in [-0.2, -0.15) is 4.98 Å². The van der Waals surface area contributed by atoms with Gasteiger partial charge in [0, 0.05) is 33.1 Å². The molecule has 0 spiro atoms. The van der Waals surface area contributed by atoms with Gasteiger partial charge in [0.05, 0.1) is 0 Å². The Labute approximate surface area is 158 Å². The van der Waals surface area contributed by atoms with Crippen molar-refractivity contribution in [2.45, 2.75) is 32.2 Å². The summed E-state index contributed by atoms with van der Waals surface area (Å²) in [5.41, 5.74) is -1.39. The van der Waals surface area contributed by atoms with E-state index in [9.17, 15) is 24.3 Å². The van der Waals surface area contributed by atoms with E-state index in [0.29, 0.717) is 0 Å². The van der Waals surface area contributed by atoms with Crippen LogP contribution in [0.4, 0.5) is 5.95 Å². The Kier molecular flexibility index (Phi) is 4.84. The number of hydrogen-bond acceptors (Lipinski definition) is 9. The van der Waals surface area contributed by atoms with Gasteiger partial charge < -0.3 is 19.3 Å². The van der Waals surface area contributed by atoms with Gasteiger partial charge >= 0.3 is 11.9 Å². The van der Waals surface area contributed by atoms with Gasteiger partial charge in [-0.25, -0.2) is 0 Å². The van der Waals surface area contributed by atoms with Crippen molar-refractivity contribution in [1.82, 2.24) is 15.0 Å². The number of hydrogen-bond donors (Lipinski definition) is 1. The predicted octanol–water partition coefficient (Wildman–Crippen LogP) is -0.351. The molecule has 2 amide bonds. The summed E-state index contributed by atoms with van der Waals surface area (Å²) in [6, 6.07) is -0.843. The van der Waals surface area contributed by atoms with Crippen LogP contribution in [-0.2, 0) is 23.9 Å². The van der Waals surface area contributed by atoms with Crippen molar-refractivity contribution in [3.8, 4) is 0 Å². The van der Waals surface area contributed by atoms with Crippen LogP contribution in [0.5, 0.6) is 0 Å². The number of amides is 2. The normalized spacial score (nSPS) is 26.8. The first-order valence-corrected chi connectivity index (χ1v) is 9.10. The van der Waals surface area contributed by atoms with Gasteiger partial charge in [-0.3, -0.25) is 24.1 Å². The summed E-state index contributed by atoms with van der Waals surface area (Å²) in [7, 11) is 0. The van der Waals surface area contributed by atoms with Crippen LogP contribution in [0.25, 0.3) is 0 Å². The van der Waals surface area contributed by atoms with Crippen molar-refractivity contribution in [2.75, 3.05) is 23.8 Å². The van der Waals surface area contributed by atoms with Crippen molar-refractivity contribution >= 4 is 41.5 Å². The SMILES string of the molecule is CC(=O)OCC1(C(=O)O)CS[C@@H]2C(N(C(C)=O)c3noc(C)n3)C(=O)N2C1. The molecular weight excluding hydrogens is 380 g/mol. The van der Waals surface area contributed by atoms with E-state index in [1.54, 1.807) is 6.92 Å². The van der Waals surface area contributed by atoms with Crippen molar-refractivity contribution in [3.63, 3.8) is 0 Å². The molecule has 2 aliphatic rings. The molecule has 0 bridgehead atoms. The van der Waals surface area contributed by atoms with Crippen molar-refractivity contribution in [1.29, 1.82) is 0 Å². The Morgan fingerprint density at radius 1 is 1.44 bits per heavy atom. The van der Waals surface area contributed by atoms with Gasteiger partial charge in [0.25, 0.3) is 5.95 Å². The number of ether oxygens (including phenoxy) is 1. The fraction of sp³-hybridized carbons (Fsp3) is 0.600. The lowest BCUT2D eigenvalue weighted by atomic mass is 9.88. The van der Waals surface area contributed by atoms with Crippen LogP contribution < -0.4 is 4.90 Å². The standard InChI is InChI=1S/C15H18N4O7S/c1-7-16-14(17-26-7)19(8(2)20)10-11(22)18-4-15(13(23)24,5-25-9(3)21)6-27-12(10)18/h10,12H,4-6H2,1-3H3,(H,23,24)/t10?,12-,15?/m1/s1. The molecule has 1 N–H and O–H groups in total. The van der Waals surface area contributed by atoms with Gasteiger partial charge in [0.15, 0.2) is 0 Å². The number of nitrogens with zero attached hydrogens (tertiary/aromatic N) is 4. The van der Waals surface area contributed by atoms with Gasteiger partial charge in [-0.05, 0) is 5.16 Å². The van der Waals surface area contributed by atoms with Gasteiger partial charge in [-0.1, -0.05) is 0 Å². The number of carboxylic acids is 1. The van der Waals surface area contributed by atoms with Crippen LogP contribution in [-0.4, -0.2) is 74.2 Å². The van der Waals surface area contributed by atoms with Crippen LogP contribution in [0, 0.1) is 12.3 Å². The highest BCUT2D eigenvalue weighted by atomic mass is 32.2. The third kappa shape index (κ3) is 3.24. The molecule has 2 fully saturated rings. The number of carbonyl (C=O) groups is 4. The maximum atomic E-state index is 12.7.